The monoisotopic (exact) mass is 496 g/mol. The Bertz CT molecular complexity index is 1120. The second-order valence-electron chi connectivity index (χ2n) is 11.6. The van der Waals surface area contributed by atoms with Crippen molar-refractivity contribution in [2.45, 2.75) is 76.7 Å². The van der Waals surface area contributed by atoms with Gasteiger partial charge in [0.05, 0.1) is 19.3 Å². The maximum Gasteiger partial charge on any atom is 0.457 e. The SMILES string of the molecule is CC1(C)OB(CCC/C=C(\c2ccccc2)C(c2ccccc2)[Si](C)(C)c2ccccc2)OC1(C)C. The first-order valence-corrected chi connectivity index (χ1v) is 16.4. The van der Waals surface area contributed by atoms with Crippen molar-refractivity contribution in [3.63, 3.8) is 0 Å². The summed E-state index contributed by atoms with van der Waals surface area (Å²) in [6.07, 6.45) is 5.43. The summed E-state index contributed by atoms with van der Waals surface area (Å²) in [5.41, 5.74) is 3.97. The predicted octanol–water partition coefficient (Wildman–Crippen LogP) is 7.88. The summed E-state index contributed by atoms with van der Waals surface area (Å²) >= 11 is 0. The first-order valence-electron chi connectivity index (χ1n) is 13.3. The molecule has 0 amide bonds. The van der Waals surface area contributed by atoms with E-state index in [1.54, 1.807) is 0 Å². The Morgan fingerprint density at radius 2 is 1.28 bits per heavy atom. The van der Waals surface area contributed by atoms with Crippen LogP contribution < -0.4 is 5.19 Å². The average molecular weight is 497 g/mol. The molecule has 1 aliphatic rings. The molecule has 0 aliphatic carbocycles. The van der Waals surface area contributed by atoms with Crippen molar-refractivity contribution in [1.82, 2.24) is 0 Å². The van der Waals surface area contributed by atoms with E-state index in [2.05, 4.69) is 138 Å². The second kappa shape index (κ2) is 10.9. The fraction of sp³-hybridized carbons (Fsp3) is 0.375. The summed E-state index contributed by atoms with van der Waals surface area (Å²) in [6, 6.07) is 33.2. The first-order chi connectivity index (χ1) is 17.1. The number of unbranched alkanes of at least 4 members (excludes halogenated alkanes) is 1. The molecular formula is C32H41BO2Si. The maximum atomic E-state index is 6.25. The minimum Gasteiger partial charge on any atom is -0.403 e. The van der Waals surface area contributed by atoms with Gasteiger partial charge in [-0.15, -0.1) is 0 Å². The van der Waals surface area contributed by atoms with E-state index in [0.717, 1.165) is 19.2 Å². The third-order valence-electron chi connectivity index (χ3n) is 8.10. The number of benzene rings is 3. The van der Waals surface area contributed by atoms with Crippen molar-refractivity contribution >= 4 is 26.0 Å². The number of rotatable bonds is 9. The highest BCUT2D eigenvalue weighted by Crippen LogP contribution is 2.41. The minimum atomic E-state index is -1.94. The van der Waals surface area contributed by atoms with Gasteiger partial charge in [0.1, 0.15) is 0 Å². The van der Waals surface area contributed by atoms with Gasteiger partial charge in [0.2, 0.25) is 0 Å². The molecule has 0 aromatic heterocycles. The zero-order valence-electron chi connectivity index (χ0n) is 22.8. The molecule has 1 heterocycles. The summed E-state index contributed by atoms with van der Waals surface area (Å²) in [5, 5.41) is 1.48. The van der Waals surface area contributed by atoms with Crippen molar-refractivity contribution in [3.05, 3.63) is 108 Å². The summed E-state index contributed by atoms with van der Waals surface area (Å²) in [5.74, 6) is 0. The number of hydrogen-bond donors (Lipinski definition) is 0. The zero-order chi connectivity index (χ0) is 25.8. The van der Waals surface area contributed by atoms with Crippen molar-refractivity contribution in [2.75, 3.05) is 0 Å². The van der Waals surface area contributed by atoms with Crippen LogP contribution in [0.15, 0.2) is 97.1 Å². The van der Waals surface area contributed by atoms with Crippen LogP contribution in [0, 0.1) is 0 Å². The predicted molar refractivity (Wildman–Crippen MR) is 157 cm³/mol. The highest BCUT2D eigenvalue weighted by Gasteiger charge is 2.50. The van der Waals surface area contributed by atoms with E-state index in [0.29, 0.717) is 5.54 Å². The Morgan fingerprint density at radius 1 is 0.778 bits per heavy atom. The third kappa shape index (κ3) is 5.77. The van der Waals surface area contributed by atoms with Crippen LogP contribution in [-0.2, 0) is 9.31 Å². The summed E-state index contributed by atoms with van der Waals surface area (Å²) in [4.78, 5) is 0. The molecule has 0 spiro atoms. The fourth-order valence-electron chi connectivity index (χ4n) is 5.32. The quantitative estimate of drug-likeness (QED) is 0.222. The molecule has 0 N–H and O–H groups in total. The van der Waals surface area contributed by atoms with Crippen molar-refractivity contribution in [1.29, 1.82) is 0 Å². The second-order valence-corrected chi connectivity index (χ2v) is 16.2. The summed E-state index contributed by atoms with van der Waals surface area (Å²) in [6.45, 7) is 13.5. The number of allylic oxidation sites excluding steroid dienone is 2. The highest BCUT2D eigenvalue weighted by molar-refractivity contribution is 6.92. The minimum absolute atomic E-state index is 0.136. The van der Waals surface area contributed by atoms with E-state index < -0.39 is 8.07 Å². The Balaban J connectivity index is 1.65. The molecule has 0 radical (unpaired) electrons. The average Bonchev–Trinajstić information content (AvgIpc) is 3.08. The normalized spacial score (nSPS) is 18.3. The van der Waals surface area contributed by atoms with Gasteiger partial charge in [-0.25, -0.2) is 0 Å². The van der Waals surface area contributed by atoms with Crippen LogP contribution >= 0.6 is 0 Å². The van der Waals surface area contributed by atoms with Gasteiger partial charge in [-0.2, -0.15) is 0 Å². The fourth-order valence-corrected chi connectivity index (χ4v) is 8.80. The maximum absolute atomic E-state index is 6.25. The summed E-state index contributed by atoms with van der Waals surface area (Å²) < 4.78 is 12.5. The first kappa shape index (κ1) is 26.7. The van der Waals surface area contributed by atoms with Gasteiger partial charge in [0.15, 0.2) is 0 Å². The molecular weight excluding hydrogens is 455 g/mol. The molecule has 2 nitrogen and oxygen atoms in total. The van der Waals surface area contributed by atoms with E-state index in [1.807, 2.05) is 0 Å². The Morgan fingerprint density at radius 3 is 1.83 bits per heavy atom. The zero-order valence-corrected chi connectivity index (χ0v) is 23.8. The van der Waals surface area contributed by atoms with E-state index in [1.165, 1.54) is 21.9 Å². The lowest BCUT2D eigenvalue weighted by molar-refractivity contribution is 0.00578. The van der Waals surface area contributed by atoms with E-state index in [4.69, 9.17) is 9.31 Å². The van der Waals surface area contributed by atoms with Crippen LogP contribution in [0.4, 0.5) is 0 Å². The molecule has 0 bridgehead atoms. The Labute approximate surface area is 219 Å². The molecule has 4 rings (SSSR count). The lowest BCUT2D eigenvalue weighted by Crippen LogP contribution is -2.48. The molecule has 1 unspecified atom stereocenters. The summed E-state index contributed by atoms with van der Waals surface area (Å²) in [7, 11) is -2.07. The highest BCUT2D eigenvalue weighted by atomic mass is 28.3. The van der Waals surface area contributed by atoms with Gasteiger partial charge in [-0.3, -0.25) is 0 Å². The Hall–Kier alpha value is -2.40. The van der Waals surface area contributed by atoms with E-state index >= 15 is 0 Å². The smallest absolute Gasteiger partial charge is 0.403 e. The van der Waals surface area contributed by atoms with Crippen molar-refractivity contribution in [3.8, 4) is 0 Å². The van der Waals surface area contributed by atoms with Crippen LogP contribution in [0.25, 0.3) is 5.57 Å². The van der Waals surface area contributed by atoms with E-state index in [-0.39, 0.29) is 18.3 Å². The lowest BCUT2D eigenvalue weighted by atomic mass is 9.82. The van der Waals surface area contributed by atoms with Crippen LogP contribution in [-0.4, -0.2) is 26.4 Å². The third-order valence-corrected chi connectivity index (χ3v) is 12.0. The largest absolute Gasteiger partial charge is 0.457 e. The lowest BCUT2D eigenvalue weighted by Gasteiger charge is -2.36. The molecule has 4 heteroatoms. The molecule has 1 atom stereocenters. The topological polar surface area (TPSA) is 18.5 Å². The van der Waals surface area contributed by atoms with Gasteiger partial charge < -0.3 is 9.31 Å². The van der Waals surface area contributed by atoms with Crippen LogP contribution in [0.1, 0.15) is 57.2 Å². The van der Waals surface area contributed by atoms with Gasteiger partial charge in [-0.1, -0.05) is 122 Å². The standard InChI is InChI=1S/C32H41BO2Si/c1-31(2)32(3,4)35-33(34-31)25-17-16-24-29(26-18-10-7-11-19-26)30(27-20-12-8-13-21-27)36(5,6)28-22-14-9-15-23-28/h7-15,18-24,30H,16-17,25H2,1-6H3/b29-24+. The molecule has 1 saturated heterocycles. The molecule has 3 aromatic carbocycles. The number of hydrogen-bond acceptors (Lipinski definition) is 2. The van der Waals surface area contributed by atoms with E-state index in [9.17, 15) is 0 Å². The van der Waals surface area contributed by atoms with Crippen molar-refractivity contribution in [2.24, 2.45) is 0 Å². The molecule has 188 valence electrons. The molecule has 1 fully saturated rings. The Kier molecular flexibility index (Phi) is 8.09. The van der Waals surface area contributed by atoms with Gasteiger partial charge in [-0.05, 0) is 57.1 Å². The molecule has 36 heavy (non-hydrogen) atoms. The molecule has 1 aliphatic heterocycles. The van der Waals surface area contributed by atoms with Gasteiger partial charge in [0.25, 0.3) is 0 Å². The van der Waals surface area contributed by atoms with Crippen LogP contribution in [0.2, 0.25) is 19.4 Å². The van der Waals surface area contributed by atoms with Crippen LogP contribution in [0.3, 0.4) is 0 Å². The molecule has 0 saturated carbocycles. The van der Waals surface area contributed by atoms with Gasteiger partial charge in [0, 0.05) is 5.54 Å². The van der Waals surface area contributed by atoms with Gasteiger partial charge >= 0.3 is 7.12 Å². The van der Waals surface area contributed by atoms with Crippen LogP contribution in [0.5, 0.6) is 0 Å². The molecule has 3 aromatic rings. The van der Waals surface area contributed by atoms with Crippen molar-refractivity contribution < 1.29 is 9.31 Å².